The number of aromatic nitrogens is 1. The van der Waals surface area contributed by atoms with Crippen molar-refractivity contribution in [3.8, 4) is 11.8 Å². The highest BCUT2D eigenvalue weighted by atomic mass is 31.2. The van der Waals surface area contributed by atoms with Gasteiger partial charge in [0.25, 0.3) is 5.85 Å². The van der Waals surface area contributed by atoms with Gasteiger partial charge in [-0.2, -0.15) is 10.3 Å². The number of hydrogen-bond acceptors (Lipinski definition) is 10. The smallest absolute Gasteiger partial charge is 0.459 e. The Labute approximate surface area is 248 Å². The summed E-state index contributed by atoms with van der Waals surface area (Å²) in [5.74, 6) is -4.01. The molecule has 234 valence electrons. The number of alkyl halides is 1. The number of aliphatic hydroxyl groups is 2. The quantitative estimate of drug-likeness (QED) is 0.0732. The molecule has 6 atom stereocenters. The standard InChI is InChI=1S/C27H36FN6O8P/c1-4-18(5-2)13-39-25(37)17(3)34-43(38,41-19-9-7-6-8-10-19)40-15-27(28)23(36)22(35)26(14-29,42-27)21-12-11-20(33-21)24(31)32-16-30/h6-12,16-18,22-23,33,35-36H,4-5,13,15H2,1-3H3,(H,34,38)(H3,30,31,32)/t17-,22-,23+,26+,27-,43?/m1/s1. The predicted octanol–water partition coefficient (Wildman–Crippen LogP) is 2.62. The Morgan fingerprint density at radius 3 is 2.58 bits per heavy atom. The predicted molar refractivity (Wildman–Crippen MR) is 153 cm³/mol. The summed E-state index contributed by atoms with van der Waals surface area (Å²) in [6, 6.07) is 10.8. The molecule has 1 saturated heterocycles. The number of para-hydroxylation sites is 1. The van der Waals surface area contributed by atoms with E-state index in [9.17, 15) is 24.8 Å². The minimum atomic E-state index is -4.60. The van der Waals surface area contributed by atoms with Crippen LogP contribution in [0.4, 0.5) is 4.39 Å². The van der Waals surface area contributed by atoms with Gasteiger partial charge in [0.1, 0.15) is 48.8 Å². The number of nitriles is 1. The summed E-state index contributed by atoms with van der Waals surface area (Å²) >= 11 is 0. The van der Waals surface area contributed by atoms with Gasteiger partial charge in [0.2, 0.25) is 5.60 Å². The van der Waals surface area contributed by atoms with Gasteiger partial charge in [0.15, 0.2) is 0 Å². The number of aliphatic hydroxyl groups excluding tert-OH is 2. The van der Waals surface area contributed by atoms with Crippen molar-refractivity contribution in [2.45, 2.75) is 63.3 Å². The Morgan fingerprint density at radius 2 is 1.98 bits per heavy atom. The zero-order valence-electron chi connectivity index (χ0n) is 23.9. The number of carbonyl (C=O) groups is 1. The van der Waals surface area contributed by atoms with E-state index >= 15 is 4.39 Å². The number of halogens is 1. The van der Waals surface area contributed by atoms with Crippen molar-refractivity contribution >= 4 is 25.9 Å². The maximum atomic E-state index is 16.2. The van der Waals surface area contributed by atoms with Crippen molar-refractivity contribution in [2.75, 3.05) is 13.2 Å². The van der Waals surface area contributed by atoms with E-state index in [2.05, 4.69) is 15.1 Å². The third-order valence-electron chi connectivity index (χ3n) is 6.94. The molecule has 1 unspecified atom stereocenters. The molecule has 16 heteroatoms. The van der Waals surface area contributed by atoms with Crippen LogP contribution in [-0.2, 0) is 29.0 Å². The Morgan fingerprint density at radius 1 is 1.30 bits per heavy atom. The van der Waals surface area contributed by atoms with Gasteiger partial charge < -0.3 is 34.9 Å². The molecule has 1 aromatic carbocycles. The average Bonchev–Trinajstić information content (AvgIpc) is 3.57. The van der Waals surface area contributed by atoms with E-state index in [4.69, 9.17) is 29.7 Å². The molecular formula is C27H36FN6O8P. The van der Waals surface area contributed by atoms with Crippen LogP contribution in [0, 0.1) is 22.7 Å². The Bertz CT molecular complexity index is 1380. The van der Waals surface area contributed by atoms with Crippen LogP contribution in [-0.4, -0.2) is 70.7 Å². The monoisotopic (exact) mass is 622 g/mol. The highest BCUT2D eigenvalue weighted by Crippen LogP contribution is 2.50. The minimum absolute atomic E-state index is 0.0474. The van der Waals surface area contributed by atoms with Crippen LogP contribution in [0.2, 0.25) is 0 Å². The Kier molecular flexibility index (Phi) is 11.2. The molecule has 0 radical (unpaired) electrons. The topological polar surface area (TPSA) is 225 Å². The molecule has 0 aliphatic carbocycles. The summed E-state index contributed by atoms with van der Waals surface area (Å²) in [5, 5.41) is 40.9. The van der Waals surface area contributed by atoms with Crippen LogP contribution in [0.1, 0.15) is 45.0 Å². The SMILES string of the molecule is CCC(CC)COC(=O)[C@@H](C)NP(=O)(OC[C@@]1(F)O[C@@](C#N)(c2ccc(C(N)=NC=N)[nH]2)[C@H](O)[C@@H]1O)Oc1ccccc1. The molecule has 1 aromatic heterocycles. The van der Waals surface area contributed by atoms with E-state index in [-0.39, 0.29) is 35.5 Å². The fourth-order valence-electron chi connectivity index (χ4n) is 4.25. The third kappa shape index (κ3) is 7.66. The Hall–Kier alpha value is -3.64. The summed E-state index contributed by atoms with van der Waals surface area (Å²) < 4.78 is 51.5. The van der Waals surface area contributed by atoms with Crippen LogP contribution in [0.25, 0.3) is 0 Å². The van der Waals surface area contributed by atoms with Gasteiger partial charge >= 0.3 is 13.7 Å². The second-order valence-electron chi connectivity index (χ2n) is 9.89. The normalized spacial score (nSPS) is 26.0. The first-order valence-electron chi connectivity index (χ1n) is 13.5. The molecule has 2 heterocycles. The van der Waals surface area contributed by atoms with Crippen LogP contribution >= 0.6 is 7.75 Å². The molecule has 14 nitrogen and oxygen atoms in total. The van der Waals surface area contributed by atoms with Gasteiger partial charge in [-0.25, -0.2) is 13.9 Å². The lowest BCUT2D eigenvalue weighted by Crippen LogP contribution is -2.44. The number of H-pyrrole nitrogens is 1. The number of nitrogens with zero attached hydrogens (tertiary/aromatic N) is 2. The van der Waals surface area contributed by atoms with E-state index in [1.165, 1.54) is 31.2 Å². The first kappa shape index (κ1) is 33.9. The van der Waals surface area contributed by atoms with E-state index in [0.29, 0.717) is 6.34 Å². The molecule has 1 fully saturated rings. The lowest BCUT2D eigenvalue weighted by atomic mass is 9.92. The maximum absolute atomic E-state index is 16.2. The summed E-state index contributed by atoms with van der Waals surface area (Å²) in [4.78, 5) is 18.9. The molecule has 1 aliphatic rings. The molecule has 0 spiro atoms. The van der Waals surface area contributed by atoms with Crippen LogP contribution < -0.4 is 15.3 Å². The number of rotatable bonds is 15. The van der Waals surface area contributed by atoms with E-state index in [0.717, 1.165) is 12.8 Å². The molecule has 0 amide bonds. The summed E-state index contributed by atoms with van der Waals surface area (Å²) in [5.41, 5.74) is 3.20. The number of hydrogen-bond donors (Lipinski definition) is 6. The summed E-state index contributed by atoms with van der Waals surface area (Å²) in [6.07, 6.45) is -2.26. The zero-order chi connectivity index (χ0) is 31.8. The molecule has 7 N–H and O–H groups in total. The van der Waals surface area contributed by atoms with Crippen molar-refractivity contribution in [2.24, 2.45) is 16.6 Å². The number of carbonyl (C=O) groups excluding carboxylic acids is 1. The number of benzene rings is 1. The van der Waals surface area contributed by atoms with Crippen molar-refractivity contribution in [3.05, 3.63) is 53.9 Å². The van der Waals surface area contributed by atoms with Crippen LogP contribution in [0.5, 0.6) is 5.75 Å². The van der Waals surface area contributed by atoms with Gasteiger partial charge in [-0.3, -0.25) is 14.7 Å². The fourth-order valence-corrected chi connectivity index (χ4v) is 5.75. The number of nitrogens with two attached hydrogens (primary N) is 1. The second kappa shape index (κ2) is 14.2. The van der Waals surface area contributed by atoms with Gasteiger partial charge in [-0.05, 0) is 37.1 Å². The summed E-state index contributed by atoms with van der Waals surface area (Å²) in [6.45, 7) is 4.11. The number of aromatic amines is 1. The highest BCUT2D eigenvalue weighted by molar-refractivity contribution is 7.52. The summed E-state index contributed by atoms with van der Waals surface area (Å²) in [7, 11) is -4.60. The van der Waals surface area contributed by atoms with Gasteiger partial charge in [0.05, 0.1) is 18.0 Å². The number of nitrogens with one attached hydrogen (secondary N) is 3. The number of amidine groups is 1. The maximum Gasteiger partial charge on any atom is 0.459 e. The lowest BCUT2D eigenvalue weighted by Gasteiger charge is -2.28. The third-order valence-corrected chi connectivity index (χ3v) is 8.56. The number of ether oxygens (including phenoxy) is 2. The van der Waals surface area contributed by atoms with Crippen molar-refractivity contribution in [1.82, 2.24) is 10.1 Å². The largest absolute Gasteiger partial charge is 0.464 e. The first-order valence-corrected chi connectivity index (χ1v) is 15.0. The van der Waals surface area contributed by atoms with Crippen molar-refractivity contribution in [3.63, 3.8) is 0 Å². The van der Waals surface area contributed by atoms with E-state index in [1.807, 2.05) is 13.8 Å². The highest BCUT2D eigenvalue weighted by Gasteiger charge is 2.66. The van der Waals surface area contributed by atoms with Gasteiger partial charge in [-0.1, -0.05) is 44.9 Å². The molecule has 1 aliphatic heterocycles. The van der Waals surface area contributed by atoms with Crippen molar-refractivity contribution in [1.29, 1.82) is 10.7 Å². The van der Waals surface area contributed by atoms with E-state index in [1.54, 1.807) is 24.3 Å². The van der Waals surface area contributed by atoms with Crippen LogP contribution in [0.3, 0.4) is 0 Å². The van der Waals surface area contributed by atoms with Gasteiger partial charge in [0, 0.05) is 0 Å². The lowest BCUT2D eigenvalue weighted by molar-refractivity contribution is -0.208. The minimum Gasteiger partial charge on any atom is -0.464 e. The van der Waals surface area contributed by atoms with Gasteiger partial charge in [-0.15, -0.1) is 0 Å². The molecule has 0 saturated carbocycles. The fraction of sp³-hybridized carbons (Fsp3) is 0.481. The molecular weight excluding hydrogens is 586 g/mol. The molecule has 43 heavy (non-hydrogen) atoms. The number of esters is 1. The molecule has 3 rings (SSSR count). The van der Waals surface area contributed by atoms with Crippen LogP contribution in [0.15, 0.2) is 47.5 Å². The average molecular weight is 623 g/mol. The first-order chi connectivity index (χ1) is 20.4. The molecule has 2 aromatic rings. The zero-order valence-corrected chi connectivity index (χ0v) is 24.8. The number of aliphatic imine (C=N–C) groups is 1. The Balaban J connectivity index is 1.84. The molecule has 0 bridgehead atoms. The van der Waals surface area contributed by atoms with Crippen molar-refractivity contribution < 1.29 is 42.5 Å². The second-order valence-corrected chi connectivity index (χ2v) is 11.6. The van der Waals surface area contributed by atoms with E-state index < -0.39 is 50.0 Å².